The molecule has 0 spiro atoms. The van der Waals surface area contributed by atoms with Gasteiger partial charge < -0.3 is 9.88 Å². The van der Waals surface area contributed by atoms with Gasteiger partial charge >= 0.3 is 0 Å². The molecule has 5 nitrogen and oxygen atoms in total. The second-order valence-corrected chi connectivity index (χ2v) is 8.42. The molecule has 2 heterocycles. The first-order valence-corrected chi connectivity index (χ1v) is 10.1. The van der Waals surface area contributed by atoms with Gasteiger partial charge in [0.15, 0.2) is 0 Å². The van der Waals surface area contributed by atoms with E-state index >= 15 is 0 Å². The third-order valence-electron chi connectivity index (χ3n) is 3.60. The quantitative estimate of drug-likeness (QED) is 0.863. The van der Waals surface area contributed by atoms with Crippen molar-refractivity contribution in [1.29, 1.82) is 0 Å². The van der Waals surface area contributed by atoms with Gasteiger partial charge in [-0.25, -0.2) is 8.42 Å². The van der Waals surface area contributed by atoms with Gasteiger partial charge in [0.05, 0.1) is 0 Å². The van der Waals surface area contributed by atoms with Crippen LogP contribution in [0.3, 0.4) is 0 Å². The van der Waals surface area contributed by atoms with E-state index in [9.17, 15) is 8.42 Å². The zero-order chi connectivity index (χ0) is 15.3. The van der Waals surface area contributed by atoms with E-state index in [1.807, 2.05) is 24.9 Å². The predicted molar refractivity (Wildman–Crippen MR) is 88.2 cm³/mol. The molecule has 0 saturated carbocycles. The molecule has 21 heavy (non-hydrogen) atoms. The molecule has 0 aromatic carbocycles. The number of rotatable bonds is 6. The molecule has 1 saturated heterocycles. The summed E-state index contributed by atoms with van der Waals surface area (Å²) < 4.78 is 29.3. The number of hydrogen-bond acceptors (Lipinski definition) is 4. The van der Waals surface area contributed by atoms with Crippen LogP contribution in [0.5, 0.6) is 0 Å². The van der Waals surface area contributed by atoms with E-state index in [4.69, 9.17) is 0 Å². The number of thioether (sulfide) groups is 1. The Labute approximate surface area is 132 Å². The van der Waals surface area contributed by atoms with Gasteiger partial charge in [0, 0.05) is 43.8 Å². The molecule has 1 N–H and O–H groups in total. The van der Waals surface area contributed by atoms with Gasteiger partial charge in [-0.05, 0) is 31.7 Å². The van der Waals surface area contributed by atoms with Crippen LogP contribution in [0.1, 0.15) is 25.5 Å². The molecular weight excluding hydrogens is 306 g/mol. The molecule has 120 valence electrons. The summed E-state index contributed by atoms with van der Waals surface area (Å²) >= 11 is 1.83. The van der Waals surface area contributed by atoms with Gasteiger partial charge in [-0.15, -0.1) is 0 Å². The van der Waals surface area contributed by atoms with Crippen molar-refractivity contribution in [2.75, 3.05) is 31.6 Å². The first-order valence-electron chi connectivity index (χ1n) is 7.51. The minimum absolute atomic E-state index is 0.438. The van der Waals surface area contributed by atoms with Gasteiger partial charge in [-0.3, -0.25) is 0 Å². The van der Waals surface area contributed by atoms with Crippen LogP contribution in [0.4, 0.5) is 0 Å². The Morgan fingerprint density at radius 2 is 2.14 bits per heavy atom. The highest BCUT2D eigenvalue weighted by atomic mass is 32.2. The number of hydrogen-bond donors (Lipinski definition) is 1. The van der Waals surface area contributed by atoms with Crippen molar-refractivity contribution < 1.29 is 8.42 Å². The highest BCUT2D eigenvalue weighted by molar-refractivity contribution is 7.99. The third-order valence-corrected chi connectivity index (χ3v) is 6.51. The summed E-state index contributed by atoms with van der Waals surface area (Å²) in [6.07, 6.45) is 3.72. The Balaban J connectivity index is 2.28. The monoisotopic (exact) mass is 331 g/mol. The molecule has 7 heteroatoms. The molecule has 0 amide bonds. The smallest absolute Gasteiger partial charge is 0.244 e. The molecule has 1 fully saturated rings. The van der Waals surface area contributed by atoms with Crippen molar-refractivity contribution in [3.63, 3.8) is 0 Å². The first-order chi connectivity index (χ1) is 10.1. The number of nitrogens with zero attached hydrogens (tertiary/aromatic N) is 2. The molecule has 0 atom stereocenters. The summed E-state index contributed by atoms with van der Waals surface area (Å²) in [5.41, 5.74) is 1.03. The zero-order valence-electron chi connectivity index (χ0n) is 12.8. The summed E-state index contributed by atoms with van der Waals surface area (Å²) in [4.78, 5) is 0.438. The van der Waals surface area contributed by atoms with E-state index in [1.54, 1.807) is 10.5 Å². The highest BCUT2D eigenvalue weighted by Gasteiger charge is 2.27. The number of aryl methyl sites for hydroxylation is 1. The van der Waals surface area contributed by atoms with E-state index < -0.39 is 10.0 Å². The lowest BCUT2D eigenvalue weighted by atomic mass is 10.4. The van der Waals surface area contributed by atoms with Crippen molar-refractivity contribution in [2.45, 2.75) is 37.8 Å². The fraction of sp³-hybridized carbons (Fsp3) is 0.714. The molecule has 0 unspecified atom stereocenters. The van der Waals surface area contributed by atoms with Crippen LogP contribution in [-0.4, -0.2) is 48.9 Å². The Kier molecular flexibility index (Phi) is 6.16. The van der Waals surface area contributed by atoms with Crippen molar-refractivity contribution in [3.8, 4) is 0 Å². The minimum Gasteiger partial charge on any atom is -0.349 e. The Morgan fingerprint density at radius 3 is 2.86 bits per heavy atom. The topological polar surface area (TPSA) is 54.3 Å². The summed E-state index contributed by atoms with van der Waals surface area (Å²) in [5, 5.41) is 3.10. The van der Waals surface area contributed by atoms with E-state index in [0.717, 1.165) is 36.6 Å². The first kappa shape index (κ1) is 16.9. The van der Waals surface area contributed by atoms with Crippen LogP contribution < -0.4 is 5.32 Å². The fourth-order valence-corrected chi connectivity index (χ4v) is 5.10. The van der Waals surface area contributed by atoms with Crippen LogP contribution in [-0.2, 0) is 23.1 Å². The molecule has 2 rings (SSSR count). The summed E-state index contributed by atoms with van der Waals surface area (Å²) in [7, 11) is -1.47. The van der Waals surface area contributed by atoms with E-state index in [-0.39, 0.29) is 0 Å². The van der Waals surface area contributed by atoms with Crippen molar-refractivity contribution in [1.82, 2.24) is 14.2 Å². The van der Waals surface area contributed by atoms with Gasteiger partial charge in [0.1, 0.15) is 4.90 Å². The molecular formula is C14H25N3O2S2. The van der Waals surface area contributed by atoms with Gasteiger partial charge in [0.2, 0.25) is 10.0 Å². The number of aromatic nitrogens is 1. The molecule has 1 aromatic heterocycles. The average Bonchev–Trinajstić information content (AvgIpc) is 2.69. The van der Waals surface area contributed by atoms with Crippen LogP contribution in [0.25, 0.3) is 0 Å². The van der Waals surface area contributed by atoms with Gasteiger partial charge in [-0.2, -0.15) is 16.1 Å². The number of nitrogens with one attached hydrogen (secondary N) is 1. The molecule has 0 radical (unpaired) electrons. The van der Waals surface area contributed by atoms with Gasteiger partial charge in [-0.1, -0.05) is 6.92 Å². The summed E-state index contributed by atoms with van der Waals surface area (Å²) in [6, 6.07) is 1.82. The lowest BCUT2D eigenvalue weighted by Gasteiger charge is -2.18. The molecule has 1 aromatic rings. The molecule has 0 bridgehead atoms. The SMILES string of the molecule is CCCn1cc(S(=O)(=O)N2CCCSCC2)cc1CNC. The minimum atomic E-state index is -3.35. The van der Waals surface area contributed by atoms with Crippen molar-refractivity contribution in [3.05, 3.63) is 18.0 Å². The third kappa shape index (κ3) is 4.03. The fourth-order valence-electron chi connectivity index (χ4n) is 2.56. The maximum absolute atomic E-state index is 12.8. The predicted octanol–water partition coefficient (Wildman–Crippen LogP) is 1.75. The summed E-state index contributed by atoms with van der Waals surface area (Å²) in [6.45, 7) is 4.89. The van der Waals surface area contributed by atoms with Crippen LogP contribution in [0.15, 0.2) is 17.2 Å². The van der Waals surface area contributed by atoms with Crippen LogP contribution in [0.2, 0.25) is 0 Å². The molecule has 0 aliphatic carbocycles. The van der Waals surface area contributed by atoms with Crippen molar-refractivity contribution >= 4 is 21.8 Å². The zero-order valence-corrected chi connectivity index (χ0v) is 14.5. The van der Waals surface area contributed by atoms with E-state index in [2.05, 4.69) is 16.8 Å². The Bertz CT molecular complexity index is 523. The largest absolute Gasteiger partial charge is 0.349 e. The second-order valence-electron chi connectivity index (χ2n) is 5.26. The normalized spacial score (nSPS) is 17.8. The van der Waals surface area contributed by atoms with E-state index in [0.29, 0.717) is 24.5 Å². The molecule has 1 aliphatic heterocycles. The maximum atomic E-state index is 12.8. The maximum Gasteiger partial charge on any atom is 0.244 e. The van der Waals surface area contributed by atoms with Crippen LogP contribution >= 0.6 is 11.8 Å². The Hall–Kier alpha value is -0.500. The van der Waals surface area contributed by atoms with Gasteiger partial charge in [0.25, 0.3) is 0 Å². The number of sulfonamides is 1. The van der Waals surface area contributed by atoms with Crippen molar-refractivity contribution in [2.24, 2.45) is 0 Å². The lowest BCUT2D eigenvalue weighted by Crippen LogP contribution is -2.32. The highest BCUT2D eigenvalue weighted by Crippen LogP contribution is 2.22. The summed E-state index contributed by atoms with van der Waals surface area (Å²) in [5.74, 6) is 1.94. The van der Waals surface area contributed by atoms with Crippen LogP contribution in [0, 0.1) is 0 Å². The lowest BCUT2D eigenvalue weighted by molar-refractivity contribution is 0.435. The average molecular weight is 332 g/mol. The Morgan fingerprint density at radius 1 is 1.33 bits per heavy atom. The standard InChI is InChI=1S/C14H25N3O2S2/c1-3-5-16-12-14(10-13(16)11-15-2)21(18,19)17-6-4-8-20-9-7-17/h10,12,15H,3-9,11H2,1-2H3. The second kappa shape index (κ2) is 7.67. The molecule has 1 aliphatic rings. The van der Waals surface area contributed by atoms with E-state index in [1.165, 1.54) is 0 Å².